The number of hydrogen-bond acceptors (Lipinski definition) is 2. The molecule has 0 aliphatic carbocycles. The summed E-state index contributed by atoms with van der Waals surface area (Å²) in [6.07, 6.45) is 1.93. The van der Waals surface area contributed by atoms with Crippen LogP contribution in [-0.4, -0.2) is 23.9 Å². The van der Waals surface area contributed by atoms with Crippen LogP contribution in [0.15, 0.2) is 30.3 Å². The average Bonchev–Trinajstić information content (AvgIpc) is 2.38. The molecule has 0 bridgehead atoms. The van der Waals surface area contributed by atoms with Crippen molar-refractivity contribution >= 4 is 5.91 Å². The first-order chi connectivity index (χ1) is 8.20. The molecule has 94 valence electrons. The van der Waals surface area contributed by atoms with E-state index in [1.807, 2.05) is 35.2 Å². The van der Waals surface area contributed by atoms with Crippen LogP contribution in [0.3, 0.4) is 0 Å². The van der Waals surface area contributed by atoms with E-state index in [1.54, 1.807) is 0 Å². The topological polar surface area (TPSA) is 46.3 Å². The minimum absolute atomic E-state index is 0.0277. The summed E-state index contributed by atoms with van der Waals surface area (Å²) in [5.74, 6) is 0.0277. The third kappa shape index (κ3) is 3.86. The maximum atomic E-state index is 12.2. The number of hydrogen-bond donors (Lipinski definition) is 1. The molecule has 0 fully saturated rings. The molecule has 17 heavy (non-hydrogen) atoms. The van der Waals surface area contributed by atoms with Crippen molar-refractivity contribution in [1.82, 2.24) is 4.90 Å². The van der Waals surface area contributed by atoms with Crippen molar-refractivity contribution in [3.8, 4) is 0 Å². The van der Waals surface area contributed by atoms with Crippen LogP contribution in [0.5, 0.6) is 0 Å². The fourth-order valence-corrected chi connectivity index (χ4v) is 1.87. The maximum absolute atomic E-state index is 12.2. The van der Waals surface area contributed by atoms with Gasteiger partial charge in [0.1, 0.15) is 6.04 Å². The molecule has 0 heterocycles. The van der Waals surface area contributed by atoms with E-state index in [4.69, 9.17) is 5.73 Å². The van der Waals surface area contributed by atoms with Gasteiger partial charge in [0.15, 0.2) is 0 Å². The van der Waals surface area contributed by atoms with E-state index >= 15 is 0 Å². The molecule has 1 atom stereocenters. The van der Waals surface area contributed by atoms with Crippen molar-refractivity contribution < 1.29 is 4.79 Å². The van der Waals surface area contributed by atoms with Gasteiger partial charge in [0.2, 0.25) is 5.91 Å². The summed E-state index contributed by atoms with van der Waals surface area (Å²) in [7, 11) is 0. The van der Waals surface area contributed by atoms with Gasteiger partial charge in [-0.3, -0.25) is 4.79 Å². The zero-order chi connectivity index (χ0) is 12.7. The first-order valence-corrected chi connectivity index (χ1v) is 6.30. The highest BCUT2D eigenvalue weighted by Gasteiger charge is 2.20. The fourth-order valence-electron chi connectivity index (χ4n) is 1.87. The number of amides is 1. The highest BCUT2D eigenvalue weighted by molar-refractivity contribution is 5.83. The molecule has 0 aromatic heterocycles. The van der Waals surface area contributed by atoms with Gasteiger partial charge in [-0.2, -0.15) is 0 Å². The third-order valence-electron chi connectivity index (χ3n) is 2.72. The molecular formula is C14H22N2O. The van der Waals surface area contributed by atoms with E-state index in [2.05, 4.69) is 13.8 Å². The van der Waals surface area contributed by atoms with E-state index in [9.17, 15) is 4.79 Å². The van der Waals surface area contributed by atoms with Crippen molar-refractivity contribution in [3.05, 3.63) is 35.9 Å². The minimum atomic E-state index is -0.533. The second kappa shape index (κ2) is 7.07. The Bertz CT molecular complexity index is 331. The summed E-state index contributed by atoms with van der Waals surface area (Å²) >= 11 is 0. The predicted octanol–water partition coefficient (Wildman–Crippen LogP) is 2.34. The first-order valence-electron chi connectivity index (χ1n) is 6.30. The number of carbonyl (C=O) groups is 1. The third-order valence-corrected chi connectivity index (χ3v) is 2.72. The first kappa shape index (κ1) is 13.7. The summed E-state index contributed by atoms with van der Waals surface area (Å²) < 4.78 is 0. The smallest absolute Gasteiger partial charge is 0.244 e. The molecule has 0 aliphatic rings. The van der Waals surface area contributed by atoms with Gasteiger partial charge < -0.3 is 10.6 Å². The lowest BCUT2D eigenvalue weighted by atomic mass is 10.1. The number of nitrogens with two attached hydrogens (primary N) is 1. The molecule has 0 aliphatic heterocycles. The number of rotatable bonds is 6. The molecule has 1 unspecified atom stereocenters. The second-order valence-electron chi connectivity index (χ2n) is 4.21. The second-order valence-corrected chi connectivity index (χ2v) is 4.21. The highest BCUT2D eigenvalue weighted by atomic mass is 16.2. The summed E-state index contributed by atoms with van der Waals surface area (Å²) in [6, 6.07) is 9.02. The molecule has 3 heteroatoms. The Balaban J connectivity index is 2.73. The van der Waals surface area contributed by atoms with Gasteiger partial charge in [-0.1, -0.05) is 44.2 Å². The Hall–Kier alpha value is -1.35. The molecule has 3 nitrogen and oxygen atoms in total. The Labute approximate surface area is 104 Å². The molecule has 1 amide bonds. The van der Waals surface area contributed by atoms with E-state index in [0.717, 1.165) is 31.5 Å². The summed E-state index contributed by atoms with van der Waals surface area (Å²) in [5, 5.41) is 0. The molecule has 1 aromatic carbocycles. The molecule has 0 saturated heterocycles. The number of benzene rings is 1. The normalized spacial score (nSPS) is 12.2. The monoisotopic (exact) mass is 234 g/mol. The molecule has 0 radical (unpaired) electrons. The minimum Gasteiger partial charge on any atom is -0.341 e. The van der Waals surface area contributed by atoms with Gasteiger partial charge in [0.25, 0.3) is 0 Å². The van der Waals surface area contributed by atoms with Crippen molar-refractivity contribution in [2.45, 2.75) is 32.7 Å². The Morgan fingerprint density at radius 1 is 1.18 bits per heavy atom. The fraction of sp³-hybridized carbons (Fsp3) is 0.500. The van der Waals surface area contributed by atoms with Gasteiger partial charge in [-0.05, 0) is 18.4 Å². The van der Waals surface area contributed by atoms with Crippen LogP contribution < -0.4 is 5.73 Å². The SMILES string of the molecule is CCCN(CCC)C(=O)C(N)c1ccccc1. The van der Waals surface area contributed by atoms with Crippen LogP contribution in [0.2, 0.25) is 0 Å². The van der Waals surface area contributed by atoms with Crippen LogP contribution in [0.1, 0.15) is 38.3 Å². The van der Waals surface area contributed by atoms with E-state index in [-0.39, 0.29) is 5.91 Å². The van der Waals surface area contributed by atoms with Gasteiger partial charge >= 0.3 is 0 Å². The van der Waals surface area contributed by atoms with Crippen molar-refractivity contribution in [2.75, 3.05) is 13.1 Å². The Morgan fingerprint density at radius 2 is 1.71 bits per heavy atom. The lowest BCUT2D eigenvalue weighted by molar-refractivity contribution is -0.132. The largest absolute Gasteiger partial charge is 0.341 e. The molecule has 1 aromatic rings. The summed E-state index contributed by atoms with van der Waals surface area (Å²) in [6.45, 7) is 5.72. The van der Waals surface area contributed by atoms with E-state index in [1.165, 1.54) is 0 Å². The Morgan fingerprint density at radius 3 is 2.18 bits per heavy atom. The highest BCUT2D eigenvalue weighted by Crippen LogP contribution is 2.13. The molecule has 2 N–H and O–H groups in total. The maximum Gasteiger partial charge on any atom is 0.244 e. The molecule has 0 saturated carbocycles. The van der Waals surface area contributed by atoms with Crippen LogP contribution in [0.4, 0.5) is 0 Å². The van der Waals surface area contributed by atoms with Crippen molar-refractivity contribution in [2.24, 2.45) is 5.73 Å². The van der Waals surface area contributed by atoms with Gasteiger partial charge in [0, 0.05) is 13.1 Å². The summed E-state index contributed by atoms with van der Waals surface area (Å²) in [5.41, 5.74) is 6.89. The predicted molar refractivity (Wildman–Crippen MR) is 70.5 cm³/mol. The van der Waals surface area contributed by atoms with E-state index in [0.29, 0.717) is 0 Å². The van der Waals surface area contributed by atoms with Gasteiger partial charge in [0.05, 0.1) is 0 Å². The van der Waals surface area contributed by atoms with E-state index < -0.39 is 6.04 Å². The van der Waals surface area contributed by atoms with Crippen LogP contribution in [-0.2, 0) is 4.79 Å². The lowest BCUT2D eigenvalue weighted by Crippen LogP contribution is -2.39. The van der Waals surface area contributed by atoms with Crippen LogP contribution in [0, 0.1) is 0 Å². The number of carbonyl (C=O) groups excluding carboxylic acids is 1. The van der Waals surface area contributed by atoms with Crippen LogP contribution >= 0.6 is 0 Å². The summed E-state index contributed by atoms with van der Waals surface area (Å²) in [4.78, 5) is 14.1. The molecular weight excluding hydrogens is 212 g/mol. The van der Waals surface area contributed by atoms with Gasteiger partial charge in [-0.15, -0.1) is 0 Å². The molecule has 1 rings (SSSR count). The quantitative estimate of drug-likeness (QED) is 0.821. The average molecular weight is 234 g/mol. The van der Waals surface area contributed by atoms with Crippen molar-refractivity contribution in [3.63, 3.8) is 0 Å². The number of nitrogens with zero attached hydrogens (tertiary/aromatic N) is 1. The van der Waals surface area contributed by atoms with Crippen LogP contribution in [0.25, 0.3) is 0 Å². The lowest BCUT2D eigenvalue weighted by Gasteiger charge is -2.25. The molecule has 0 spiro atoms. The Kier molecular flexibility index (Phi) is 5.70. The van der Waals surface area contributed by atoms with Crippen molar-refractivity contribution in [1.29, 1.82) is 0 Å². The van der Waals surface area contributed by atoms with Gasteiger partial charge in [-0.25, -0.2) is 0 Å². The standard InChI is InChI=1S/C14H22N2O/c1-3-10-16(11-4-2)14(17)13(15)12-8-6-5-7-9-12/h5-9,13H,3-4,10-11,15H2,1-2H3. The zero-order valence-corrected chi connectivity index (χ0v) is 10.7. The zero-order valence-electron chi connectivity index (χ0n) is 10.7.